The van der Waals surface area contributed by atoms with Crippen LogP contribution in [0.3, 0.4) is 0 Å². The van der Waals surface area contributed by atoms with Gasteiger partial charge in [0.25, 0.3) is 0 Å². The topological polar surface area (TPSA) is 42.4 Å². The zero-order valence-electron chi connectivity index (χ0n) is 22.2. The van der Waals surface area contributed by atoms with Crippen LogP contribution in [0.4, 0.5) is 26.3 Å². The summed E-state index contributed by atoms with van der Waals surface area (Å²) in [7, 11) is 1.80. The van der Waals surface area contributed by atoms with E-state index in [9.17, 15) is 31.1 Å². The molecule has 2 aromatic carbocycles. The fraction of sp³-hybridized carbons (Fsp3) is 0.379. The largest absolute Gasteiger partial charge is 0.416 e. The smallest absolute Gasteiger partial charge is 0.372 e. The van der Waals surface area contributed by atoms with Crippen LogP contribution in [-0.2, 0) is 35.0 Å². The van der Waals surface area contributed by atoms with Crippen molar-refractivity contribution in [1.29, 1.82) is 0 Å². The van der Waals surface area contributed by atoms with E-state index in [1.807, 2.05) is 36.4 Å². The highest BCUT2D eigenvalue weighted by Crippen LogP contribution is 2.38. The molecule has 0 spiro atoms. The maximum absolute atomic E-state index is 13.4. The number of quaternary nitrogens is 1. The van der Waals surface area contributed by atoms with Gasteiger partial charge < -0.3 is 4.74 Å². The number of hydrogen-bond acceptors (Lipinski definition) is 4. The Hall–Kier alpha value is -2.80. The number of ether oxygens (including phenoxy) is 1. The van der Waals surface area contributed by atoms with E-state index in [1.165, 1.54) is 0 Å². The van der Waals surface area contributed by atoms with E-state index in [0.717, 1.165) is 17.5 Å². The number of carbonyl (C=O) groups excluding carboxylic acids is 1. The molecule has 3 aromatic rings. The van der Waals surface area contributed by atoms with Crippen LogP contribution in [0.1, 0.15) is 46.7 Å². The molecule has 0 bridgehead atoms. The number of hydrogen-bond donors (Lipinski definition) is 0. The number of aromatic nitrogens is 1. The van der Waals surface area contributed by atoms with E-state index < -0.39 is 36.2 Å². The van der Waals surface area contributed by atoms with E-state index in [-0.39, 0.29) is 39.1 Å². The van der Waals surface area contributed by atoms with Gasteiger partial charge >= 0.3 is 18.8 Å². The van der Waals surface area contributed by atoms with E-state index >= 15 is 0 Å². The van der Waals surface area contributed by atoms with Crippen LogP contribution in [0.25, 0.3) is 0 Å². The van der Waals surface area contributed by atoms with Crippen molar-refractivity contribution in [3.63, 3.8) is 0 Å². The molecule has 4 rings (SSSR count). The van der Waals surface area contributed by atoms with Crippen molar-refractivity contribution in [2.45, 2.75) is 50.5 Å². The third-order valence-electron chi connectivity index (χ3n) is 6.96. The Bertz CT molecular complexity index is 1240. The lowest BCUT2D eigenvalue weighted by Gasteiger charge is -2.44. The number of likely N-dealkylation sites (tertiary alicyclic amines) is 1. The van der Waals surface area contributed by atoms with E-state index in [4.69, 9.17) is 4.74 Å². The third kappa shape index (κ3) is 8.60. The molecule has 1 aliphatic heterocycles. The molecular formula is C29H31BrF6N3O2+. The highest BCUT2D eigenvalue weighted by molar-refractivity contribution is 8.93. The standard InChI is InChI=1S/C29H30F6N3O2.BrH/c1-38(20-39,17-21-7-5-11-36-16-21)19-37-12-6-10-26(27(37)23-8-3-2-4-9-23)40-18-22-13-24(28(30,31)32)15-25(14-22)29(33,34)35;/h2-5,7-9,11,13-16,20,26-27H,6,10,12,17-19H2,1H3;1H/q+1;/t26-,27-,38?;/m0./s1. The Kier molecular flexibility index (Phi) is 10.7. The number of amides is 1. The molecule has 0 N–H and O–H groups in total. The van der Waals surface area contributed by atoms with Gasteiger partial charge in [-0.15, -0.1) is 17.0 Å². The number of benzene rings is 2. The summed E-state index contributed by atoms with van der Waals surface area (Å²) in [5.74, 6) is 0. The predicted molar refractivity (Wildman–Crippen MR) is 146 cm³/mol. The fourth-order valence-electron chi connectivity index (χ4n) is 5.19. The minimum Gasteiger partial charge on any atom is -0.372 e. The maximum Gasteiger partial charge on any atom is 0.416 e. The molecule has 1 unspecified atom stereocenters. The Labute approximate surface area is 245 Å². The van der Waals surface area contributed by atoms with Crippen molar-refractivity contribution >= 4 is 23.4 Å². The summed E-state index contributed by atoms with van der Waals surface area (Å²) in [6.45, 7) is 0.922. The molecule has 5 nitrogen and oxygen atoms in total. The van der Waals surface area contributed by atoms with Gasteiger partial charge in [0.2, 0.25) is 0 Å². The van der Waals surface area contributed by atoms with Gasteiger partial charge in [0.1, 0.15) is 13.2 Å². The van der Waals surface area contributed by atoms with Gasteiger partial charge in [-0.2, -0.15) is 26.3 Å². The average molecular weight is 647 g/mol. The second-order valence-corrected chi connectivity index (χ2v) is 10.3. The number of pyridine rings is 1. The molecular weight excluding hydrogens is 616 g/mol. The highest BCUT2D eigenvalue weighted by atomic mass is 79.9. The lowest BCUT2D eigenvalue weighted by molar-refractivity contribution is -0.851. The average Bonchev–Trinajstić information content (AvgIpc) is 2.92. The Morgan fingerprint density at radius 3 is 2.20 bits per heavy atom. The number of rotatable bonds is 9. The van der Waals surface area contributed by atoms with Gasteiger partial charge in [-0.3, -0.25) is 4.98 Å². The molecule has 0 aliphatic carbocycles. The van der Waals surface area contributed by atoms with Gasteiger partial charge in [-0.05, 0) is 48.2 Å². The van der Waals surface area contributed by atoms with Gasteiger partial charge in [-0.1, -0.05) is 36.4 Å². The molecule has 41 heavy (non-hydrogen) atoms. The van der Waals surface area contributed by atoms with Crippen molar-refractivity contribution in [3.05, 3.63) is 101 Å². The quantitative estimate of drug-likeness (QED) is 0.140. The number of piperidine rings is 1. The summed E-state index contributed by atoms with van der Waals surface area (Å²) >= 11 is 0. The van der Waals surface area contributed by atoms with Crippen molar-refractivity contribution in [2.24, 2.45) is 0 Å². The normalized spacial score (nSPS) is 19.7. The molecule has 1 fully saturated rings. The maximum atomic E-state index is 13.4. The summed E-state index contributed by atoms with van der Waals surface area (Å²) in [6, 6.07) is 14.2. The van der Waals surface area contributed by atoms with Crippen LogP contribution in [0.15, 0.2) is 73.1 Å². The molecule has 1 aliphatic rings. The first kappa shape index (κ1) is 32.7. The Morgan fingerprint density at radius 1 is 0.976 bits per heavy atom. The van der Waals surface area contributed by atoms with Gasteiger partial charge in [0.15, 0.2) is 0 Å². The second kappa shape index (κ2) is 13.5. The molecule has 2 heterocycles. The summed E-state index contributed by atoms with van der Waals surface area (Å²) in [5, 5.41) is 0. The third-order valence-corrected chi connectivity index (χ3v) is 6.96. The van der Waals surface area contributed by atoms with Crippen LogP contribution in [0.5, 0.6) is 0 Å². The van der Waals surface area contributed by atoms with E-state index in [1.54, 1.807) is 25.5 Å². The van der Waals surface area contributed by atoms with Crippen molar-refractivity contribution in [1.82, 2.24) is 9.88 Å². The number of alkyl halides is 6. The monoisotopic (exact) mass is 646 g/mol. The zero-order chi connectivity index (χ0) is 29.0. The number of carbonyl (C=O) groups is 1. The number of nitrogens with zero attached hydrogens (tertiary/aromatic N) is 3. The van der Waals surface area contributed by atoms with Crippen molar-refractivity contribution in [2.75, 3.05) is 20.3 Å². The van der Waals surface area contributed by atoms with Gasteiger partial charge in [-0.25, -0.2) is 14.2 Å². The first-order valence-corrected chi connectivity index (χ1v) is 12.8. The van der Waals surface area contributed by atoms with Crippen LogP contribution in [-0.4, -0.2) is 47.1 Å². The predicted octanol–water partition coefficient (Wildman–Crippen LogP) is 7.18. The molecule has 0 saturated carbocycles. The van der Waals surface area contributed by atoms with Crippen LogP contribution < -0.4 is 0 Å². The molecule has 1 amide bonds. The van der Waals surface area contributed by atoms with Crippen LogP contribution >= 0.6 is 17.0 Å². The first-order chi connectivity index (χ1) is 18.9. The Balaban J connectivity index is 0.00000462. The minimum absolute atomic E-state index is 0. The summed E-state index contributed by atoms with van der Waals surface area (Å²) in [4.78, 5) is 18.5. The molecule has 1 aromatic heterocycles. The molecule has 12 heteroatoms. The number of halogens is 7. The SMILES string of the molecule is Br.C[N+](C=O)(Cc1cccnc1)CN1CCC[C@H](OCc2cc(C(F)(F)F)cc(C(F)(F)F)c2)[C@@H]1c1ccccc1. The lowest BCUT2D eigenvalue weighted by atomic mass is 9.92. The van der Waals surface area contributed by atoms with E-state index in [2.05, 4.69) is 9.88 Å². The summed E-state index contributed by atoms with van der Waals surface area (Å²) in [5.41, 5.74) is -1.20. The molecule has 1 saturated heterocycles. The summed E-state index contributed by atoms with van der Waals surface area (Å²) < 4.78 is 86.3. The van der Waals surface area contributed by atoms with Crippen LogP contribution in [0.2, 0.25) is 0 Å². The highest BCUT2D eigenvalue weighted by Gasteiger charge is 2.39. The molecule has 222 valence electrons. The fourth-order valence-corrected chi connectivity index (χ4v) is 5.19. The second-order valence-electron chi connectivity index (χ2n) is 10.3. The minimum atomic E-state index is -4.93. The Morgan fingerprint density at radius 2 is 1.63 bits per heavy atom. The zero-order valence-corrected chi connectivity index (χ0v) is 24.0. The van der Waals surface area contributed by atoms with Crippen LogP contribution in [0, 0.1) is 0 Å². The van der Waals surface area contributed by atoms with E-state index in [0.29, 0.717) is 44.7 Å². The summed E-state index contributed by atoms with van der Waals surface area (Å²) in [6.07, 6.45) is -4.97. The molecule has 3 atom stereocenters. The first-order valence-electron chi connectivity index (χ1n) is 12.8. The van der Waals surface area contributed by atoms with Gasteiger partial charge in [0, 0.05) is 24.5 Å². The lowest BCUT2D eigenvalue weighted by Crippen LogP contribution is -2.54. The van der Waals surface area contributed by atoms with Crippen molar-refractivity contribution in [3.8, 4) is 0 Å². The molecule has 0 radical (unpaired) electrons. The van der Waals surface area contributed by atoms with Crippen molar-refractivity contribution < 1.29 is 40.4 Å². The van der Waals surface area contributed by atoms with Gasteiger partial charge in [0.05, 0.1) is 36.9 Å².